The Morgan fingerprint density at radius 3 is 2.33 bits per heavy atom. The van der Waals surface area contributed by atoms with Crippen LogP contribution in [0.3, 0.4) is 0 Å². The summed E-state index contributed by atoms with van der Waals surface area (Å²) in [6, 6.07) is 0.475. The van der Waals surface area contributed by atoms with E-state index in [0.717, 1.165) is 13.1 Å². The van der Waals surface area contributed by atoms with Crippen molar-refractivity contribution in [3.63, 3.8) is 0 Å². The van der Waals surface area contributed by atoms with Gasteiger partial charge in [-0.1, -0.05) is 0 Å². The number of piperidine rings is 1. The molecule has 0 aromatic heterocycles. The molecule has 7 heteroatoms. The number of rotatable bonds is 2. The number of hydrogen-bond acceptors (Lipinski definition) is 5. The molecule has 21 heavy (non-hydrogen) atoms. The lowest BCUT2D eigenvalue weighted by atomic mass is 10.2. The quantitative estimate of drug-likeness (QED) is 0.808. The van der Waals surface area contributed by atoms with E-state index in [1.165, 1.54) is 0 Å². The van der Waals surface area contributed by atoms with E-state index in [1.54, 1.807) is 4.90 Å². The second-order valence-electron chi connectivity index (χ2n) is 7.51. The number of amides is 1. The summed E-state index contributed by atoms with van der Waals surface area (Å²) in [5.74, 6) is 1.48. The third kappa shape index (κ3) is 3.34. The second-order valence-corrected chi connectivity index (χ2v) is 9.73. The van der Waals surface area contributed by atoms with Crippen molar-refractivity contribution in [3.8, 4) is 0 Å². The van der Waals surface area contributed by atoms with Gasteiger partial charge in [-0.3, -0.25) is 0 Å². The summed E-state index contributed by atoms with van der Waals surface area (Å²) >= 11 is 0. The van der Waals surface area contributed by atoms with E-state index in [-0.39, 0.29) is 17.9 Å². The Morgan fingerprint density at radius 1 is 1.24 bits per heavy atom. The van der Waals surface area contributed by atoms with E-state index in [1.807, 2.05) is 20.8 Å². The maximum absolute atomic E-state index is 12.0. The number of ether oxygens (including phenoxy) is 1. The zero-order valence-corrected chi connectivity index (χ0v) is 13.6. The lowest BCUT2D eigenvalue weighted by Gasteiger charge is -2.26. The van der Waals surface area contributed by atoms with Crippen molar-refractivity contribution in [2.24, 2.45) is 11.8 Å². The summed E-state index contributed by atoms with van der Waals surface area (Å²) in [7, 11) is -2.83. The third-order valence-electron chi connectivity index (χ3n) is 4.51. The number of sulfone groups is 1. The highest BCUT2D eigenvalue weighted by atomic mass is 32.2. The van der Waals surface area contributed by atoms with Gasteiger partial charge in [-0.2, -0.15) is 0 Å². The van der Waals surface area contributed by atoms with Crippen LogP contribution < -0.4 is 5.32 Å². The highest BCUT2D eigenvalue weighted by molar-refractivity contribution is 7.91. The summed E-state index contributed by atoms with van der Waals surface area (Å²) in [5, 5.41) is 3.46. The van der Waals surface area contributed by atoms with E-state index in [2.05, 4.69) is 5.32 Å². The molecule has 0 bridgehead atoms. The first-order valence-electron chi connectivity index (χ1n) is 7.59. The molecule has 1 N–H and O–H groups in total. The Bertz CT molecular complexity index is 528. The molecule has 2 saturated heterocycles. The van der Waals surface area contributed by atoms with Gasteiger partial charge in [-0.15, -0.1) is 0 Å². The monoisotopic (exact) mass is 316 g/mol. The smallest absolute Gasteiger partial charge is 0.410 e. The van der Waals surface area contributed by atoms with Gasteiger partial charge in [0.15, 0.2) is 9.84 Å². The van der Waals surface area contributed by atoms with Gasteiger partial charge in [0.2, 0.25) is 0 Å². The molecular formula is C14H24N2O4S. The molecule has 1 saturated carbocycles. The fraction of sp³-hybridized carbons (Fsp3) is 0.929. The Balaban J connectivity index is 1.45. The first-order chi connectivity index (χ1) is 9.65. The molecule has 120 valence electrons. The maximum Gasteiger partial charge on any atom is 0.410 e. The van der Waals surface area contributed by atoms with Gasteiger partial charge in [0.25, 0.3) is 0 Å². The van der Waals surface area contributed by atoms with Crippen LogP contribution in [0.4, 0.5) is 4.79 Å². The normalized spacial score (nSPS) is 37.4. The van der Waals surface area contributed by atoms with Crippen LogP contribution >= 0.6 is 0 Å². The number of nitrogens with zero attached hydrogens (tertiary/aromatic N) is 1. The van der Waals surface area contributed by atoms with E-state index < -0.39 is 15.4 Å². The number of fused-ring (bicyclic) bond motifs is 1. The molecule has 0 radical (unpaired) electrons. The Labute approximate surface area is 126 Å². The van der Waals surface area contributed by atoms with Gasteiger partial charge >= 0.3 is 6.09 Å². The van der Waals surface area contributed by atoms with Gasteiger partial charge in [-0.05, 0) is 39.0 Å². The van der Waals surface area contributed by atoms with Crippen LogP contribution in [0.2, 0.25) is 0 Å². The van der Waals surface area contributed by atoms with Crippen LogP contribution in [-0.4, -0.2) is 61.7 Å². The molecule has 2 heterocycles. The Kier molecular flexibility index (Phi) is 3.48. The van der Waals surface area contributed by atoms with Gasteiger partial charge < -0.3 is 15.0 Å². The van der Waals surface area contributed by atoms with Crippen molar-refractivity contribution in [1.29, 1.82) is 0 Å². The van der Waals surface area contributed by atoms with Crippen LogP contribution in [0, 0.1) is 11.8 Å². The highest BCUT2D eigenvalue weighted by Gasteiger charge is 2.57. The first kappa shape index (κ1) is 15.1. The molecular weight excluding hydrogens is 292 g/mol. The SMILES string of the molecule is CC(C)(C)OC(=O)N1CC2C(C1)C2NC1CCS(=O)(=O)C1. The third-order valence-corrected chi connectivity index (χ3v) is 6.27. The lowest BCUT2D eigenvalue weighted by molar-refractivity contribution is 0.0269. The number of carbonyl (C=O) groups is 1. The van der Waals surface area contributed by atoms with Crippen molar-refractivity contribution in [2.45, 2.75) is 44.9 Å². The molecule has 2 aliphatic heterocycles. The van der Waals surface area contributed by atoms with Gasteiger partial charge in [0.05, 0.1) is 11.5 Å². The summed E-state index contributed by atoms with van der Waals surface area (Å²) in [5.41, 5.74) is -0.459. The zero-order valence-electron chi connectivity index (χ0n) is 12.8. The topological polar surface area (TPSA) is 75.7 Å². The molecule has 0 spiro atoms. The number of hydrogen-bond donors (Lipinski definition) is 1. The van der Waals surface area contributed by atoms with Crippen molar-refractivity contribution in [2.75, 3.05) is 24.6 Å². The molecule has 3 rings (SSSR count). The van der Waals surface area contributed by atoms with E-state index in [9.17, 15) is 13.2 Å². The van der Waals surface area contributed by atoms with Gasteiger partial charge in [-0.25, -0.2) is 13.2 Å². The van der Waals surface area contributed by atoms with Crippen molar-refractivity contribution in [1.82, 2.24) is 10.2 Å². The minimum atomic E-state index is -2.83. The lowest BCUT2D eigenvalue weighted by Crippen LogP contribution is -2.41. The van der Waals surface area contributed by atoms with Crippen LogP contribution in [0.25, 0.3) is 0 Å². The molecule has 3 fully saturated rings. The predicted octanol–water partition coefficient (Wildman–Crippen LogP) is 0.628. The number of nitrogens with one attached hydrogen (secondary N) is 1. The van der Waals surface area contributed by atoms with Crippen molar-refractivity contribution < 1.29 is 17.9 Å². The maximum atomic E-state index is 12.0. The fourth-order valence-corrected chi connectivity index (χ4v) is 5.13. The largest absolute Gasteiger partial charge is 0.444 e. The van der Waals surface area contributed by atoms with Crippen LogP contribution in [0.1, 0.15) is 27.2 Å². The Morgan fingerprint density at radius 2 is 1.86 bits per heavy atom. The van der Waals surface area contributed by atoms with E-state index >= 15 is 0 Å². The first-order valence-corrected chi connectivity index (χ1v) is 9.41. The minimum Gasteiger partial charge on any atom is -0.444 e. The molecule has 6 nitrogen and oxygen atoms in total. The molecule has 3 aliphatic rings. The van der Waals surface area contributed by atoms with E-state index in [4.69, 9.17) is 4.74 Å². The average molecular weight is 316 g/mol. The summed E-state index contributed by atoms with van der Waals surface area (Å²) < 4.78 is 28.3. The summed E-state index contributed by atoms with van der Waals surface area (Å²) in [6.07, 6.45) is 0.477. The molecule has 3 unspecified atom stereocenters. The molecule has 0 aromatic carbocycles. The zero-order chi connectivity index (χ0) is 15.4. The number of carbonyl (C=O) groups excluding carboxylic acids is 1. The van der Waals surface area contributed by atoms with Gasteiger partial charge in [0.1, 0.15) is 5.60 Å². The average Bonchev–Trinajstić information content (AvgIpc) is 2.72. The molecule has 1 amide bonds. The predicted molar refractivity (Wildman–Crippen MR) is 78.8 cm³/mol. The molecule has 1 aliphatic carbocycles. The van der Waals surface area contributed by atoms with Crippen LogP contribution in [-0.2, 0) is 14.6 Å². The van der Waals surface area contributed by atoms with Crippen molar-refractivity contribution >= 4 is 15.9 Å². The fourth-order valence-electron chi connectivity index (χ4n) is 3.45. The summed E-state index contributed by atoms with van der Waals surface area (Å²) in [4.78, 5) is 13.7. The highest BCUT2D eigenvalue weighted by Crippen LogP contribution is 2.46. The van der Waals surface area contributed by atoms with Crippen molar-refractivity contribution in [3.05, 3.63) is 0 Å². The molecule has 0 aromatic rings. The number of likely N-dealkylation sites (tertiary alicyclic amines) is 1. The van der Waals surface area contributed by atoms with Crippen LogP contribution in [0.15, 0.2) is 0 Å². The summed E-state index contributed by atoms with van der Waals surface area (Å²) in [6.45, 7) is 7.04. The van der Waals surface area contributed by atoms with Gasteiger partial charge in [0, 0.05) is 25.2 Å². The molecule has 3 atom stereocenters. The minimum absolute atomic E-state index is 0.0978. The van der Waals surface area contributed by atoms with E-state index in [0.29, 0.717) is 30.1 Å². The standard InChI is InChI=1S/C14H24N2O4S/c1-14(2,3)20-13(17)16-6-10-11(7-16)12(10)15-9-4-5-21(18,19)8-9/h9-12,15H,4-8H2,1-3H3. The Hall–Kier alpha value is -0.820. The second kappa shape index (κ2) is 4.84. The van der Waals surface area contributed by atoms with Crippen LogP contribution in [0.5, 0.6) is 0 Å².